The van der Waals surface area contributed by atoms with Gasteiger partial charge in [-0.25, -0.2) is 4.98 Å². The molecule has 0 bridgehead atoms. The zero-order chi connectivity index (χ0) is 23.8. The first kappa shape index (κ1) is 22.2. The summed E-state index contributed by atoms with van der Waals surface area (Å²) in [7, 11) is 0. The van der Waals surface area contributed by atoms with Gasteiger partial charge in [0, 0.05) is 33.5 Å². The molecule has 10 heteroatoms. The second kappa shape index (κ2) is 8.14. The Balaban J connectivity index is 1.59. The van der Waals surface area contributed by atoms with Gasteiger partial charge in [-0.05, 0) is 41.8 Å². The fourth-order valence-electron chi connectivity index (χ4n) is 3.97. The lowest BCUT2D eigenvalue weighted by molar-refractivity contribution is -0.559. The van der Waals surface area contributed by atoms with Gasteiger partial charge in [-0.3, -0.25) is 25.7 Å². The molecular weight excluding hydrogens is 422 g/mol. The summed E-state index contributed by atoms with van der Waals surface area (Å²) in [5.74, 6) is -0.0951. The standard InChI is InChI=1S/C23H25N7O3/c1-22(2,3)19-9-8-16(12-23(19,24)30(32)33)28-21(31)17-5-4-10-25-20(17)27-15-7-6-14-13-26-29-18(14)11-15/h4-11,13H,12,24H2,1-3H3,(H,25,27)(H,26,29)(H,28,31). The molecular formula is C23H25N7O3. The molecule has 2 heterocycles. The fraction of sp³-hybridized carbons (Fsp3) is 0.261. The molecule has 1 aliphatic carbocycles. The van der Waals surface area contributed by atoms with Gasteiger partial charge < -0.3 is 10.6 Å². The van der Waals surface area contributed by atoms with Crippen molar-refractivity contribution in [2.45, 2.75) is 32.9 Å². The molecule has 1 unspecified atom stereocenters. The van der Waals surface area contributed by atoms with E-state index in [1.807, 2.05) is 39.0 Å². The van der Waals surface area contributed by atoms with Crippen LogP contribution >= 0.6 is 0 Å². The Labute approximate surface area is 190 Å². The van der Waals surface area contributed by atoms with E-state index in [2.05, 4.69) is 25.8 Å². The van der Waals surface area contributed by atoms with Gasteiger partial charge in [-0.2, -0.15) is 5.10 Å². The maximum absolute atomic E-state index is 13.1. The number of hydrogen-bond acceptors (Lipinski definition) is 7. The number of nitrogens with zero attached hydrogens (tertiary/aromatic N) is 3. The summed E-state index contributed by atoms with van der Waals surface area (Å²) in [6, 6.07) is 8.89. The smallest absolute Gasteiger partial charge is 0.300 e. The van der Waals surface area contributed by atoms with E-state index in [1.165, 1.54) is 0 Å². The highest BCUT2D eigenvalue weighted by molar-refractivity contribution is 6.00. The Morgan fingerprint density at radius 3 is 2.79 bits per heavy atom. The number of nitro groups is 1. The number of nitrogens with one attached hydrogen (secondary N) is 3. The number of H-pyrrole nitrogens is 1. The average Bonchev–Trinajstić information content (AvgIpc) is 3.21. The summed E-state index contributed by atoms with van der Waals surface area (Å²) in [5, 5.41) is 25.6. The van der Waals surface area contributed by atoms with Crippen molar-refractivity contribution in [1.82, 2.24) is 20.5 Å². The third-order valence-electron chi connectivity index (χ3n) is 5.54. The number of benzene rings is 1. The first-order chi connectivity index (χ1) is 15.6. The molecule has 170 valence electrons. The van der Waals surface area contributed by atoms with E-state index < -0.39 is 21.9 Å². The highest BCUT2D eigenvalue weighted by Crippen LogP contribution is 2.39. The number of hydrogen-bond donors (Lipinski definition) is 4. The first-order valence-electron chi connectivity index (χ1n) is 10.4. The van der Waals surface area contributed by atoms with Crippen molar-refractivity contribution in [3.05, 3.63) is 81.8 Å². The number of carbonyl (C=O) groups is 1. The maximum atomic E-state index is 13.1. The Hall–Kier alpha value is -4.05. The molecule has 5 N–H and O–H groups in total. The predicted octanol–water partition coefficient (Wildman–Crippen LogP) is 3.62. The van der Waals surface area contributed by atoms with Gasteiger partial charge in [0.05, 0.1) is 23.7 Å². The van der Waals surface area contributed by atoms with Crippen molar-refractivity contribution < 1.29 is 9.72 Å². The van der Waals surface area contributed by atoms with Crippen LogP contribution in [0.15, 0.2) is 66.1 Å². The van der Waals surface area contributed by atoms with Crippen molar-refractivity contribution in [2.24, 2.45) is 11.1 Å². The number of aromatic amines is 1. The van der Waals surface area contributed by atoms with Crippen molar-refractivity contribution in [3.63, 3.8) is 0 Å². The van der Waals surface area contributed by atoms with Gasteiger partial charge in [0.15, 0.2) is 0 Å². The van der Waals surface area contributed by atoms with Crippen LogP contribution in [0, 0.1) is 15.5 Å². The SMILES string of the molecule is CC(C)(C)C1=CC=C(NC(=O)c2cccnc2Nc2ccc3cn[nH]c3c2)CC1(N)[N+](=O)[O-]. The molecule has 3 aromatic rings. The topological polar surface area (TPSA) is 152 Å². The molecule has 0 saturated carbocycles. The Morgan fingerprint density at radius 1 is 1.27 bits per heavy atom. The number of anilines is 2. The number of fused-ring (bicyclic) bond motifs is 1. The fourth-order valence-corrected chi connectivity index (χ4v) is 3.97. The lowest BCUT2D eigenvalue weighted by Gasteiger charge is -2.34. The number of pyridine rings is 1. The molecule has 1 aromatic carbocycles. The lowest BCUT2D eigenvalue weighted by atomic mass is 9.75. The number of amides is 1. The minimum atomic E-state index is -1.80. The monoisotopic (exact) mass is 447 g/mol. The Bertz CT molecular complexity index is 1300. The minimum absolute atomic E-state index is 0.131. The summed E-state index contributed by atoms with van der Waals surface area (Å²) in [6.07, 6.45) is 6.46. The van der Waals surface area contributed by atoms with Gasteiger partial charge in [0.2, 0.25) is 0 Å². The van der Waals surface area contributed by atoms with Crippen molar-refractivity contribution in [2.75, 3.05) is 5.32 Å². The zero-order valence-electron chi connectivity index (χ0n) is 18.5. The van der Waals surface area contributed by atoms with Crippen LogP contribution < -0.4 is 16.4 Å². The minimum Gasteiger partial charge on any atom is -0.340 e. The van der Waals surface area contributed by atoms with E-state index >= 15 is 0 Å². The normalized spacial score (nSPS) is 18.4. The number of nitrogens with two attached hydrogens (primary N) is 1. The highest BCUT2D eigenvalue weighted by Gasteiger charge is 2.49. The molecule has 1 atom stereocenters. The summed E-state index contributed by atoms with van der Waals surface area (Å²) in [4.78, 5) is 28.7. The molecule has 0 fully saturated rings. The summed E-state index contributed by atoms with van der Waals surface area (Å²) < 4.78 is 0. The summed E-state index contributed by atoms with van der Waals surface area (Å²) in [5.41, 5.74) is 6.63. The van der Waals surface area contributed by atoms with E-state index in [9.17, 15) is 14.9 Å². The molecule has 0 radical (unpaired) electrons. The van der Waals surface area contributed by atoms with E-state index in [0.717, 1.165) is 16.6 Å². The van der Waals surface area contributed by atoms with Crippen LogP contribution in [0.1, 0.15) is 37.6 Å². The number of allylic oxidation sites excluding steroid dienone is 2. The Morgan fingerprint density at radius 2 is 2.06 bits per heavy atom. The van der Waals surface area contributed by atoms with Crippen LogP contribution in [0.4, 0.5) is 11.5 Å². The third kappa shape index (κ3) is 4.33. The van der Waals surface area contributed by atoms with Crippen LogP contribution in [-0.4, -0.2) is 31.7 Å². The third-order valence-corrected chi connectivity index (χ3v) is 5.54. The van der Waals surface area contributed by atoms with Gasteiger partial charge in [0.1, 0.15) is 5.82 Å². The number of aromatic nitrogens is 3. The van der Waals surface area contributed by atoms with Crippen molar-refractivity contribution >= 4 is 28.3 Å². The van der Waals surface area contributed by atoms with Crippen LogP contribution in [0.2, 0.25) is 0 Å². The van der Waals surface area contributed by atoms with Crippen LogP contribution in [0.25, 0.3) is 10.9 Å². The van der Waals surface area contributed by atoms with Crippen molar-refractivity contribution in [3.8, 4) is 0 Å². The van der Waals surface area contributed by atoms with Crippen LogP contribution in [-0.2, 0) is 0 Å². The van der Waals surface area contributed by atoms with E-state index in [4.69, 9.17) is 5.73 Å². The van der Waals surface area contributed by atoms with Crippen molar-refractivity contribution in [1.29, 1.82) is 0 Å². The first-order valence-corrected chi connectivity index (χ1v) is 10.4. The largest absolute Gasteiger partial charge is 0.340 e. The summed E-state index contributed by atoms with van der Waals surface area (Å²) >= 11 is 0. The molecule has 1 amide bonds. The number of carbonyl (C=O) groups excluding carboxylic acids is 1. The molecule has 0 aliphatic heterocycles. The Kier molecular flexibility index (Phi) is 5.46. The molecule has 1 aliphatic rings. The zero-order valence-corrected chi connectivity index (χ0v) is 18.5. The van der Waals surface area contributed by atoms with E-state index in [1.54, 1.807) is 36.7 Å². The van der Waals surface area contributed by atoms with Crippen LogP contribution in [0.5, 0.6) is 0 Å². The van der Waals surface area contributed by atoms with Gasteiger partial charge in [-0.15, -0.1) is 0 Å². The lowest BCUT2D eigenvalue weighted by Crippen LogP contribution is -2.54. The van der Waals surface area contributed by atoms with Crippen LogP contribution in [0.3, 0.4) is 0 Å². The highest BCUT2D eigenvalue weighted by atomic mass is 16.6. The molecule has 0 spiro atoms. The summed E-state index contributed by atoms with van der Waals surface area (Å²) in [6.45, 7) is 5.61. The van der Waals surface area contributed by atoms with Gasteiger partial charge >= 0.3 is 5.66 Å². The molecule has 0 saturated heterocycles. The average molecular weight is 447 g/mol. The van der Waals surface area contributed by atoms with E-state index in [-0.39, 0.29) is 12.0 Å². The predicted molar refractivity (Wildman–Crippen MR) is 125 cm³/mol. The molecule has 4 rings (SSSR count). The quantitative estimate of drug-likeness (QED) is 0.265. The molecule has 10 nitrogen and oxygen atoms in total. The second-order valence-corrected chi connectivity index (χ2v) is 9.03. The van der Waals surface area contributed by atoms with Gasteiger partial charge in [0.25, 0.3) is 5.91 Å². The second-order valence-electron chi connectivity index (χ2n) is 9.03. The number of rotatable bonds is 5. The van der Waals surface area contributed by atoms with Gasteiger partial charge in [-0.1, -0.05) is 26.8 Å². The maximum Gasteiger partial charge on any atom is 0.300 e. The molecule has 2 aromatic heterocycles. The van der Waals surface area contributed by atoms with E-state index in [0.29, 0.717) is 17.1 Å². The molecule has 33 heavy (non-hydrogen) atoms.